The molecule has 1 aliphatic carbocycles. The minimum Gasteiger partial charge on any atom is -0.342 e. The van der Waals surface area contributed by atoms with Crippen molar-refractivity contribution >= 4 is 11.8 Å². The first-order valence-corrected chi connectivity index (χ1v) is 7.63. The Bertz CT molecular complexity index is 367. The topological polar surface area (TPSA) is 49.4 Å². The molecular formula is C15H26N2O2. The largest absolute Gasteiger partial charge is 0.342 e. The summed E-state index contributed by atoms with van der Waals surface area (Å²) in [6, 6.07) is -0.280. The van der Waals surface area contributed by atoms with Crippen molar-refractivity contribution in [2.45, 2.75) is 71.5 Å². The second-order valence-corrected chi connectivity index (χ2v) is 6.25. The van der Waals surface area contributed by atoms with E-state index in [1.54, 1.807) is 0 Å². The van der Waals surface area contributed by atoms with Crippen LogP contribution in [-0.4, -0.2) is 34.8 Å². The van der Waals surface area contributed by atoms with Crippen LogP contribution >= 0.6 is 0 Å². The molecule has 0 spiro atoms. The highest BCUT2D eigenvalue weighted by atomic mass is 16.2. The maximum absolute atomic E-state index is 12.6. The maximum Gasteiger partial charge on any atom is 0.246 e. The zero-order valence-electron chi connectivity index (χ0n) is 12.5. The number of piperazine rings is 1. The van der Waals surface area contributed by atoms with Gasteiger partial charge in [0.1, 0.15) is 12.1 Å². The maximum atomic E-state index is 12.6. The van der Waals surface area contributed by atoms with Crippen LogP contribution in [0, 0.1) is 11.8 Å². The molecule has 0 aromatic heterocycles. The van der Waals surface area contributed by atoms with Gasteiger partial charge in [-0.3, -0.25) is 9.59 Å². The Balaban J connectivity index is 2.16. The molecule has 1 saturated heterocycles. The molecule has 4 unspecified atom stereocenters. The third-order valence-electron chi connectivity index (χ3n) is 4.41. The molecule has 0 aromatic rings. The SMILES string of the molecule is CCCC1CC1N1C(=O)C(C(C)C)NC(=O)C1CC. The Morgan fingerprint density at radius 2 is 2.00 bits per heavy atom. The molecule has 4 nitrogen and oxygen atoms in total. The molecule has 1 saturated carbocycles. The summed E-state index contributed by atoms with van der Waals surface area (Å²) in [5.41, 5.74) is 0. The molecule has 19 heavy (non-hydrogen) atoms. The van der Waals surface area contributed by atoms with Crippen LogP contribution in [0.4, 0.5) is 0 Å². The van der Waals surface area contributed by atoms with Crippen LogP contribution in [0.5, 0.6) is 0 Å². The van der Waals surface area contributed by atoms with Gasteiger partial charge in [0.25, 0.3) is 0 Å². The first-order valence-electron chi connectivity index (χ1n) is 7.63. The van der Waals surface area contributed by atoms with Crippen LogP contribution in [0.25, 0.3) is 0 Å². The molecule has 2 amide bonds. The Morgan fingerprint density at radius 3 is 2.53 bits per heavy atom. The summed E-state index contributed by atoms with van der Waals surface area (Å²) in [5, 5.41) is 2.90. The van der Waals surface area contributed by atoms with E-state index in [0.29, 0.717) is 18.4 Å². The van der Waals surface area contributed by atoms with Crippen LogP contribution in [0.2, 0.25) is 0 Å². The van der Waals surface area contributed by atoms with Crippen LogP contribution in [-0.2, 0) is 9.59 Å². The van der Waals surface area contributed by atoms with Crippen molar-refractivity contribution in [1.82, 2.24) is 10.2 Å². The van der Waals surface area contributed by atoms with Crippen molar-refractivity contribution in [3.63, 3.8) is 0 Å². The molecule has 0 bridgehead atoms. The summed E-state index contributed by atoms with van der Waals surface area (Å²) in [5.74, 6) is 0.926. The number of amides is 2. The number of rotatable bonds is 5. The Hall–Kier alpha value is -1.06. The van der Waals surface area contributed by atoms with E-state index < -0.39 is 0 Å². The summed E-state index contributed by atoms with van der Waals surface area (Å²) in [4.78, 5) is 26.7. The molecule has 108 valence electrons. The highest BCUT2D eigenvalue weighted by molar-refractivity contribution is 5.97. The quantitative estimate of drug-likeness (QED) is 0.826. The van der Waals surface area contributed by atoms with E-state index in [4.69, 9.17) is 0 Å². The standard InChI is InChI=1S/C15H26N2O2/c1-5-7-10-8-12(10)17-11(6-2)14(18)16-13(9(3)4)15(17)19/h9-13H,5-8H2,1-4H3,(H,16,18). The van der Waals surface area contributed by atoms with Crippen LogP contribution < -0.4 is 5.32 Å². The van der Waals surface area contributed by atoms with Gasteiger partial charge in [-0.25, -0.2) is 0 Å². The summed E-state index contributed by atoms with van der Waals surface area (Å²) in [6.07, 6.45) is 4.10. The minimum atomic E-state index is -0.335. The van der Waals surface area contributed by atoms with Gasteiger partial charge in [-0.05, 0) is 31.1 Å². The van der Waals surface area contributed by atoms with E-state index in [9.17, 15) is 9.59 Å². The van der Waals surface area contributed by atoms with Gasteiger partial charge in [0, 0.05) is 6.04 Å². The lowest BCUT2D eigenvalue weighted by Gasteiger charge is -2.40. The Labute approximate surface area is 115 Å². The third-order valence-corrected chi connectivity index (χ3v) is 4.41. The third kappa shape index (κ3) is 2.63. The van der Waals surface area contributed by atoms with E-state index in [0.717, 1.165) is 12.8 Å². The number of nitrogens with zero attached hydrogens (tertiary/aromatic N) is 1. The van der Waals surface area contributed by atoms with Gasteiger partial charge in [-0.2, -0.15) is 0 Å². The predicted octanol–water partition coefficient (Wildman–Crippen LogP) is 1.94. The molecular weight excluding hydrogens is 240 g/mol. The highest BCUT2D eigenvalue weighted by Crippen LogP contribution is 2.42. The van der Waals surface area contributed by atoms with E-state index in [1.807, 2.05) is 25.7 Å². The van der Waals surface area contributed by atoms with E-state index >= 15 is 0 Å². The monoisotopic (exact) mass is 266 g/mol. The fourth-order valence-electron chi connectivity index (χ4n) is 3.23. The molecule has 1 heterocycles. The van der Waals surface area contributed by atoms with Gasteiger partial charge in [0.05, 0.1) is 0 Å². The molecule has 2 fully saturated rings. The molecule has 1 N–H and O–H groups in total. The summed E-state index contributed by atoms with van der Waals surface area (Å²) in [6.45, 7) is 8.14. The second kappa shape index (κ2) is 5.51. The van der Waals surface area contributed by atoms with E-state index in [-0.39, 0.29) is 29.8 Å². The van der Waals surface area contributed by atoms with Crippen LogP contribution in [0.15, 0.2) is 0 Å². The Morgan fingerprint density at radius 1 is 1.32 bits per heavy atom. The van der Waals surface area contributed by atoms with Gasteiger partial charge >= 0.3 is 0 Å². The average molecular weight is 266 g/mol. The van der Waals surface area contributed by atoms with Crippen molar-refractivity contribution < 1.29 is 9.59 Å². The van der Waals surface area contributed by atoms with Gasteiger partial charge in [-0.15, -0.1) is 0 Å². The smallest absolute Gasteiger partial charge is 0.246 e. The summed E-state index contributed by atoms with van der Waals surface area (Å²) >= 11 is 0. The first kappa shape index (κ1) is 14.4. The molecule has 2 aliphatic rings. The number of carbonyl (C=O) groups is 2. The molecule has 4 atom stereocenters. The van der Waals surface area contributed by atoms with Gasteiger partial charge in [0.15, 0.2) is 0 Å². The normalized spacial score (nSPS) is 34.7. The first-order chi connectivity index (χ1) is 9.01. The number of hydrogen-bond donors (Lipinski definition) is 1. The summed E-state index contributed by atoms with van der Waals surface area (Å²) < 4.78 is 0. The lowest BCUT2D eigenvalue weighted by Crippen LogP contribution is -2.65. The predicted molar refractivity (Wildman–Crippen MR) is 74.5 cm³/mol. The van der Waals surface area contributed by atoms with Crippen molar-refractivity contribution in [1.29, 1.82) is 0 Å². The van der Waals surface area contributed by atoms with Gasteiger partial charge in [-0.1, -0.05) is 34.1 Å². The molecule has 2 rings (SSSR count). The zero-order chi connectivity index (χ0) is 14.2. The molecule has 4 heteroatoms. The fraction of sp³-hybridized carbons (Fsp3) is 0.867. The number of nitrogens with one attached hydrogen (secondary N) is 1. The lowest BCUT2D eigenvalue weighted by atomic mass is 9.96. The molecule has 0 radical (unpaired) electrons. The van der Waals surface area contributed by atoms with Gasteiger partial charge in [0.2, 0.25) is 11.8 Å². The molecule has 1 aliphatic heterocycles. The van der Waals surface area contributed by atoms with Crippen molar-refractivity contribution in [2.24, 2.45) is 11.8 Å². The second-order valence-electron chi connectivity index (χ2n) is 6.25. The van der Waals surface area contributed by atoms with Crippen molar-refractivity contribution in [3.8, 4) is 0 Å². The minimum absolute atomic E-state index is 0.0305. The highest BCUT2D eigenvalue weighted by Gasteiger charge is 2.51. The average Bonchev–Trinajstić information content (AvgIpc) is 3.10. The molecule has 0 aromatic carbocycles. The number of carbonyl (C=O) groups excluding carboxylic acids is 2. The number of hydrogen-bond acceptors (Lipinski definition) is 2. The fourth-order valence-corrected chi connectivity index (χ4v) is 3.23. The van der Waals surface area contributed by atoms with Crippen LogP contribution in [0.1, 0.15) is 53.4 Å². The van der Waals surface area contributed by atoms with E-state index in [1.165, 1.54) is 6.42 Å². The summed E-state index contributed by atoms with van der Waals surface area (Å²) in [7, 11) is 0. The van der Waals surface area contributed by atoms with Crippen LogP contribution in [0.3, 0.4) is 0 Å². The lowest BCUT2D eigenvalue weighted by molar-refractivity contribution is -0.151. The van der Waals surface area contributed by atoms with Crippen molar-refractivity contribution in [2.75, 3.05) is 0 Å². The van der Waals surface area contributed by atoms with E-state index in [2.05, 4.69) is 12.2 Å². The van der Waals surface area contributed by atoms with Crippen molar-refractivity contribution in [3.05, 3.63) is 0 Å². The Kier molecular flexibility index (Phi) is 4.16. The zero-order valence-corrected chi connectivity index (χ0v) is 12.5. The van der Waals surface area contributed by atoms with Gasteiger partial charge < -0.3 is 10.2 Å².